The van der Waals surface area contributed by atoms with Gasteiger partial charge in [0.25, 0.3) is 0 Å². The Labute approximate surface area is 131 Å². The number of nitrogens with zero attached hydrogens (tertiary/aromatic N) is 1. The Morgan fingerprint density at radius 3 is 3.00 bits per heavy atom. The molecule has 0 aliphatic carbocycles. The van der Waals surface area contributed by atoms with Gasteiger partial charge < -0.3 is 9.64 Å². The van der Waals surface area contributed by atoms with Crippen molar-refractivity contribution in [3.05, 3.63) is 34.6 Å². The molecule has 6 heteroatoms. The molecular formula is C14H16BrClFNO2. The predicted octanol–water partition coefficient (Wildman–Crippen LogP) is 3.03. The zero-order valence-electron chi connectivity index (χ0n) is 11.1. The molecule has 1 aromatic rings. The normalized spacial score (nSPS) is 22.9. The van der Waals surface area contributed by atoms with Crippen molar-refractivity contribution >= 4 is 33.4 Å². The zero-order valence-corrected chi connectivity index (χ0v) is 13.5. The molecule has 1 heterocycles. The first-order valence-electron chi connectivity index (χ1n) is 6.42. The fourth-order valence-electron chi connectivity index (χ4n) is 2.21. The van der Waals surface area contributed by atoms with E-state index >= 15 is 0 Å². The molecule has 0 aromatic heterocycles. The SMILES string of the molecule is CC1COC(CBr)CN1C(=O)Cc1c(F)cccc1Cl. The Balaban J connectivity index is 2.11. The molecule has 2 unspecified atom stereocenters. The summed E-state index contributed by atoms with van der Waals surface area (Å²) in [6, 6.07) is 4.43. The number of hydrogen-bond donors (Lipinski definition) is 0. The first kappa shape index (κ1) is 15.7. The molecule has 1 aliphatic rings. The number of carbonyl (C=O) groups is 1. The van der Waals surface area contributed by atoms with E-state index in [-0.39, 0.29) is 35.1 Å². The second kappa shape index (κ2) is 6.87. The van der Waals surface area contributed by atoms with Crippen molar-refractivity contribution in [1.29, 1.82) is 0 Å². The number of ether oxygens (including phenoxy) is 1. The van der Waals surface area contributed by atoms with Crippen LogP contribution in [0.15, 0.2) is 18.2 Å². The lowest BCUT2D eigenvalue weighted by Crippen LogP contribution is -2.52. The van der Waals surface area contributed by atoms with Gasteiger partial charge in [0.05, 0.1) is 25.2 Å². The summed E-state index contributed by atoms with van der Waals surface area (Å²) in [6.45, 7) is 2.93. The van der Waals surface area contributed by atoms with Gasteiger partial charge in [-0.05, 0) is 19.1 Å². The number of benzene rings is 1. The molecule has 2 atom stereocenters. The maximum absolute atomic E-state index is 13.7. The highest BCUT2D eigenvalue weighted by atomic mass is 79.9. The minimum absolute atomic E-state index is 0.0108. The Morgan fingerprint density at radius 2 is 2.35 bits per heavy atom. The van der Waals surface area contributed by atoms with Gasteiger partial charge in [0.15, 0.2) is 0 Å². The van der Waals surface area contributed by atoms with Crippen molar-refractivity contribution in [2.45, 2.75) is 25.5 Å². The third kappa shape index (κ3) is 3.51. The van der Waals surface area contributed by atoms with Crippen molar-refractivity contribution in [2.24, 2.45) is 0 Å². The van der Waals surface area contributed by atoms with Crippen molar-refractivity contribution in [2.75, 3.05) is 18.5 Å². The van der Waals surface area contributed by atoms with E-state index in [0.29, 0.717) is 18.5 Å². The highest BCUT2D eigenvalue weighted by Crippen LogP contribution is 2.22. The maximum Gasteiger partial charge on any atom is 0.227 e. The average molecular weight is 365 g/mol. The molecule has 0 radical (unpaired) electrons. The highest BCUT2D eigenvalue weighted by molar-refractivity contribution is 9.09. The lowest BCUT2D eigenvalue weighted by atomic mass is 10.1. The van der Waals surface area contributed by atoms with E-state index in [1.165, 1.54) is 12.1 Å². The molecule has 0 N–H and O–H groups in total. The van der Waals surface area contributed by atoms with Gasteiger partial charge in [-0.1, -0.05) is 33.6 Å². The van der Waals surface area contributed by atoms with Crippen LogP contribution in [0.1, 0.15) is 12.5 Å². The van der Waals surface area contributed by atoms with Crippen LogP contribution in [-0.2, 0) is 16.0 Å². The smallest absolute Gasteiger partial charge is 0.227 e. The summed E-state index contributed by atoms with van der Waals surface area (Å²) >= 11 is 9.32. The van der Waals surface area contributed by atoms with Crippen molar-refractivity contribution in [3.63, 3.8) is 0 Å². The molecule has 1 amide bonds. The van der Waals surface area contributed by atoms with Crippen molar-refractivity contribution in [3.8, 4) is 0 Å². The van der Waals surface area contributed by atoms with Crippen LogP contribution < -0.4 is 0 Å². The van der Waals surface area contributed by atoms with Crippen LogP contribution in [-0.4, -0.2) is 41.4 Å². The molecule has 1 fully saturated rings. The summed E-state index contributed by atoms with van der Waals surface area (Å²) in [5, 5.41) is 0.959. The van der Waals surface area contributed by atoms with Gasteiger partial charge in [-0.3, -0.25) is 4.79 Å². The van der Waals surface area contributed by atoms with Crippen molar-refractivity contribution < 1.29 is 13.9 Å². The van der Waals surface area contributed by atoms with E-state index in [2.05, 4.69) is 15.9 Å². The number of carbonyl (C=O) groups excluding carboxylic acids is 1. The molecular weight excluding hydrogens is 349 g/mol. The highest BCUT2D eigenvalue weighted by Gasteiger charge is 2.29. The van der Waals surface area contributed by atoms with Gasteiger partial charge in [-0.15, -0.1) is 0 Å². The second-order valence-corrected chi connectivity index (χ2v) is 5.94. The van der Waals surface area contributed by atoms with Gasteiger partial charge in [0, 0.05) is 22.5 Å². The quantitative estimate of drug-likeness (QED) is 0.772. The summed E-state index contributed by atoms with van der Waals surface area (Å²) in [4.78, 5) is 14.1. The fourth-order valence-corrected chi connectivity index (χ4v) is 2.83. The van der Waals surface area contributed by atoms with Gasteiger partial charge >= 0.3 is 0 Å². The largest absolute Gasteiger partial charge is 0.373 e. The third-order valence-electron chi connectivity index (χ3n) is 3.39. The number of hydrogen-bond acceptors (Lipinski definition) is 2. The van der Waals surface area contributed by atoms with E-state index in [4.69, 9.17) is 16.3 Å². The van der Waals surface area contributed by atoms with Gasteiger partial charge in [-0.25, -0.2) is 4.39 Å². The van der Waals surface area contributed by atoms with Crippen LogP contribution in [0.25, 0.3) is 0 Å². The van der Waals surface area contributed by atoms with E-state index in [0.717, 1.165) is 0 Å². The number of alkyl halides is 1. The Morgan fingerprint density at radius 1 is 1.60 bits per heavy atom. The van der Waals surface area contributed by atoms with E-state index in [1.54, 1.807) is 11.0 Å². The molecule has 0 saturated carbocycles. The number of morpholine rings is 1. The summed E-state index contributed by atoms with van der Waals surface area (Å²) in [7, 11) is 0. The average Bonchev–Trinajstić information content (AvgIpc) is 2.43. The molecule has 2 rings (SSSR count). The van der Waals surface area contributed by atoms with Gasteiger partial charge in [0.2, 0.25) is 5.91 Å². The Kier molecular flexibility index (Phi) is 5.41. The zero-order chi connectivity index (χ0) is 14.7. The molecule has 0 spiro atoms. The topological polar surface area (TPSA) is 29.5 Å². The summed E-state index contributed by atoms with van der Waals surface area (Å²) in [5.41, 5.74) is 0.258. The molecule has 20 heavy (non-hydrogen) atoms. The molecule has 0 bridgehead atoms. The second-order valence-electron chi connectivity index (χ2n) is 4.88. The van der Waals surface area contributed by atoms with Crippen LogP contribution in [0.2, 0.25) is 5.02 Å². The molecule has 110 valence electrons. The van der Waals surface area contributed by atoms with Crippen LogP contribution in [0.3, 0.4) is 0 Å². The summed E-state index contributed by atoms with van der Waals surface area (Å²) < 4.78 is 19.3. The lowest BCUT2D eigenvalue weighted by molar-refractivity contribution is -0.142. The van der Waals surface area contributed by atoms with E-state index in [1.807, 2.05) is 6.92 Å². The first-order valence-corrected chi connectivity index (χ1v) is 7.92. The molecule has 3 nitrogen and oxygen atoms in total. The van der Waals surface area contributed by atoms with E-state index < -0.39 is 5.82 Å². The van der Waals surface area contributed by atoms with Crippen LogP contribution in [0.5, 0.6) is 0 Å². The third-order valence-corrected chi connectivity index (χ3v) is 4.46. The minimum Gasteiger partial charge on any atom is -0.373 e. The maximum atomic E-state index is 13.7. The Bertz CT molecular complexity index is 480. The molecule has 1 saturated heterocycles. The van der Waals surface area contributed by atoms with Gasteiger partial charge in [-0.2, -0.15) is 0 Å². The fraction of sp³-hybridized carbons (Fsp3) is 0.500. The monoisotopic (exact) mass is 363 g/mol. The number of rotatable bonds is 3. The van der Waals surface area contributed by atoms with Crippen molar-refractivity contribution in [1.82, 2.24) is 4.90 Å². The minimum atomic E-state index is -0.441. The molecule has 1 aromatic carbocycles. The standard InChI is InChI=1S/C14H16BrClFNO2/c1-9-8-20-10(6-15)7-18(9)14(19)5-11-12(16)3-2-4-13(11)17/h2-4,9-10H,5-8H2,1H3. The van der Waals surface area contributed by atoms with E-state index in [9.17, 15) is 9.18 Å². The van der Waals surface area contributed by atoms with Crippen LogP contribution in [0.4, 0.5) is 4.39 Å². The first-order chi connectivity index (χ1) is 9.52. The number of amides is 1. The van der Waals surface area contributed by atoms with Crippen LogP contribution >= 0.6 is 27.5 Å². The lowest BCUT2D eigenvalue weighted by Gasteiger charge is -2.37. The summed E-state index contributed by atoms with van der Waals surface area (Å²) in [6.07, 6.45) is -0.0450. The summed E-state index contributed by atoms with van der Waals surface area (Å²) in [5.74, 6) is -0.567. The Hall–Kier alpha value is -0.650. The van der Waals surface area contributed by atoms with Gasteiger partial charge in [0.1, 0.15) is 5.82 Å². The number of halogens is 3. The predicted molar refractivity (Wildman–Crippen MR) is 79.8 cm³/mol. The molecule has 1 aliphatic heterocycles. The van der Waals surface area contributed by atoms with Crippen LogP contribution in [0, 0.1) is 5.82 Å².